The van der Waals surface area contributed by atoms with Crippen molar-refractivity contribution in [3.63, 3.8) is 0 Å². The maximum absolute atomic E-state index is 13.0. The molecule has 0 radical (unpaired) electrons. The quantitative estimate of drug-likeness (QED) is 0.674. The van der Waals surface area contributed by atoms with E-state index in [-0.39, 0.29) is 11.2 Å². The lowest BCUT2D eigenvalue weighted by Crippen LogP contribution is -2.29. The van der Waals surface area contributed by atoms with E-state index in [2.05, 4.69) is 11.9 Å². The Hall–Kier alpha value is -1.42. The molecule has 1 aliphatic heterocycles. The predicted molar refractivity (Wildman–Crippen MR) is 76.1 cm³/mol. The molecule has 1 aromatic carbocycles. The number of anilines is 1. The standard InChI is InChI=1S/C15H21FN2O/c1-11(13-4-3-12(16)9-14(13)17)18-10-15(2)5-7-19-8-6-15/h3-4,9H,5-8,10,17H2,1-2H3. The van der Waals surface area contributed by atoms with Gasteiger partial charge in [0.2, 0.25) is 0 Å². The van der Waals surface area contributed by atoms with Crippen LogP contribution in [0.1, 0.15) is 32.3 Å². The first-order valence-electron chi connectivity index (χ1n) is 6.64. The van der Waals surface area contributed by atoms with Gasteiger partial charge in [0, 0.05) is 36.7 Å². The van der Waals surface area contributed by atoms with E-state index >= 15 is 0 Å². The van der Waals surface area contributed by atoms with Crippen LogP contribution in [0.5, 0.6) is 0 Å². The molecule has 0 saturated carbocycles. The zero-order valence-corrected chi connectivity index (χ0v) is 11.6. The second-order valence-electron chi connectivity index (χ2n) is 5.56. The Morgan fingerprint density at radius 2 is 2.11 bits per heavy atom. The Labute approximate surface area is 113 Å². The number of rotatable bonds is 3. The lowest BCUT2D eigenvalue weighted by molar-refractivity contribution is 0.0283. The summed E-state index contributed by atoms with van der Waals surface area (Å²) in [6.07, 6.45) is 2.06. The fourth-order valence-electron chi connectivity index (χ4n) is 2.28. The SMILES string of the molecule is CC(=NCC1(C)CCOCC1)c1ccc(F)cc1N. The van der Waals surface area contributed by atoms with Crippen LogP contribution in [0.2, 0.25) is 0 Å². The largest absolute Gasteiger partial charge is 0.398 e. The van der Waals surface area contributed by atoms with Crippen LogP contribution in [0.3, 0.4) is 0 Å². The molecule has 1 saturated heterocycles. The molecule has 19 heavy (non-hydrogen) atoms. The molecule has 104 valence electrons. The first-order chi connectivity index (χ1) is 9.00. The van der Waals surface area contributed by atoms with Gasteiger partial charge in [-0.15, -0.1) is 0 Å². The lowest BCUT2D eigenvalue weighted by atomic mass is 9.82. The van der Waals surface area contributed by atoms with E-state index in [0.29, 0.717) is 5.69 Å². The molecule has 0 unspecified atom stereocenters. The van der Waals surface area contributed by atoms with Crippen molar-refractivity contribution < 1.29 is 9.13 Å². The zero-order valence-electron chi connectivity index (χ0n) is 11.6. The summed E-state index contributed by atoms with van der Waals surface area (Å²) in [5.41, 5.74) is 8.15. The molecule has 2 N–H and O–H groups in total. The average molecular weight is 264 g/mol. The van der Waals surface area contributed by atoms with E-state index in [1.807, 2.05) is 6.92 Å². The van der Waals surface area contributed by atoms with Gasteiger partial charge in [-0.25, -0.2) is 4.39 Å². The molecular formula is C15H21FN2O. The average Bonchev–Trinajstić information content (AvgIpc) is 2.37. The number of nitrogens with two attached hydrogens (primary N) is 1. The van der Waals surface area contributed by atoms with Crippen molar-refractivity contribution >= 4 is 11.4 Å². The summed E-state index contributed by atoms with van der Waals surface area (Å²) in [6, 6.07) is 4.45. The molecule has 3 nitrogen and oxygen atoms in total. The van der Waals surface area contributed by atoms with Crippen LogP contribution in [-0.2, 0) is 4.74 Å². The highest BCUT2D eigenvalue weighted by molar-refractivity contribution is 6.03. The summed E-state index contributed by atoms with van der Waals surface area (Å²) in [5.74, 6) is -0.314. The zero-order chi connectivity index (χ0) is 13.9. The number of aliphatic imine (C=N–C) groups is 1. The summed E-state index contributed by atoms with van der Waals surface area (Å²) < 4.78 is 18.4. The van der Waals surface area contributed by atoms with Gasteiger partial charge in [0.1, 0.15) is 5.82 Å². The Morgan fingerprint density at radius 3 is 2.74 bits per heavy atom. The fraction of sp³-hybridized carbons (Fsp3) is 0.533. The van der Waals surface area contributed by atoms with Gasteiger partial charge in [-0.2, -0.15) is 0 Å². The Morgan fingerprint density at radius 1 is 1.42 bits per heavy atom. The predicted octanol–water partition coefficient (Wildman–Crippen LogP) is 3.03. The highest BCUT2D eigenvalue weighted by atomic mass is 19.1. The van der Waals surface area contributed by atoms with Crippen LogP contribution in [0.25, 0.3) is 0 Å². The second kappa shape index (κ2) is 5.70. The minimum absolute atomic E-state index is 0.203. The third-order valence-electron chi connectivity index (χ3n) is 3.80. The van der Waals surface area contributed by atoms with Crippen LogP contribution in [0, 0.1) is 11.2 Å². The van der Waals surface area contributed by atoms with Gasteiger partial charge < -0.3 is 10.5 Å². The van der Waals surface area contributed by atoms with E-state index in [9.17, 15) is 4.39 Å². The van der Waals surface area contributed by atoms with Gasteiger partial charge in [0.25, 0.3) is 0 Å². The van der Waals surface area contributed by atoms with Crippen LogP contribution < -0.4 is 5.73 Å². The molecule has 1 aromatic rings. The van der Waals surface area contributed by atoms with Gasteiger partial charge >= 0.3 is 0 Å². The topological polar surface area (TPSA) is 47.6 Å². The fourth-order valence-corrected chi connectivity index (χ4v) is 2.28. The third kappa shape index (κ3) is 3.53. The summed E-state index contributed by atoms with van der Waals surface area (Å²) in [6.45, 7) is 6.54. The Bertz CT molecular complexity index is 479. The molecule has 2 rings (SSSR count). The highest BCUT2D eigenvalue weighted by Crippen LogP contribution is 2.30. The first-order valence-corrected chi connectivity index (χ1v) is 6.64. The Balaban J connectivity index is 2.10. The van der Waals surface area contributed by atoms with Crippen molar-refractivity contribution in [3.05, 3.63) is 29.6 Å². The molecule has 1 fully saturated rings. The van der Waals surface area contributed by atoms with E-state index < -0.39 is 0 Å². The number of halogens is 1. The molecule has 4 heteroatoms. The summed E-state index contributed by atoms with van der Waals surface area (Å²) in [7, 11) is 0. The van der Waals surface area contributed by atoms with Crippen molar-refractivity contribution in [2.75, 3.05) is 25.5 Å². The van der Waals surface area contributed by atoms with Gasteiger partial charge in [0.05, 0.1) is 0 Å². The van der Waals surface area contributed by atoms with Crippen LogP contribution in [0.15, 0.2) is 23.2 Å². The van der Waals surface area contributed by atoms with E-state index in [4.69, 9.17) is 10.5 Å². The van der Waals surface area contributed by atoms with E-state index in [1.54, 1.807) is 6.07 Å². The normalized spacial score (nSPS) is 19.4. The van der Waals surface area contributed by atoms with Crippen molar-refractivity contribution in [1.82, 2.24) is 0 Å². The van der Waals surface area contributed by atoms with Gasteiger partial charge in [-0.3, -0.25) is 4.99 Å². The number of hydrogen-bond donors (Lipinski definition) is 1. The van der Waals surface area contributed by atoms with E-state index in [0.717, 1.165) is 43.9 Å². The maximum atomic E-state index is 13.0. The number of nitrogens with zero attached hydrogens (tertiary/aromatic N) is 1. The minimum Gasteiger partial charge on any atom is -0.398 e. The number of nitrogen functional groups attached to an aromatic ring is 1. The van der Waals surface area contributed by atoms with Crippen molar-refractivity contribution in [2.24, 2.45) is 10.4 Å². The molecule has 1 heterocycles. The highest BCUT2D eigenvalue weighted by Gasteiger charge is 2.26. The molecule has 1 aliphatic rings. The smallest absolute Gasteiger partial charge is 0.125 e. The molecule has 0 bridgehead atoms. The number of ether oxygens (including phenoxy) is 1. The molecule has 0 aliphatic carbocycles. The van der Waals surface area contributed by atoms with Gasteiger partial charge in [-0.1, -0.05) is 6.92 Å². The summed E-state index contributed by atoms with van der Waals surface area (Å²) in [5, 5.41) is 0. The monoisotopic (exact) mass is 264 g/mol. The van der Waals surface area contributed by atoms with Crippen LogP contribution in [-0.4, -0.2) is 25.5 Å². The van der Waals surface area contributed by atoms with Crippen molar-refractivity contribution in [3.8, 4) is 0 Å². The minimum atomic E-state index is -0.314. The lowest BCUT2D eigenvalue weighted by Gasteiger charge is -2.32. The third-order valence-corrected chi connectivity index (χ3v) is 3.80. The van der Waals surface area contributed by atoms with Gasteiger partial charge in [0.15, 0.2) is 0 Å². The second-order valence-corrected chi connectivity index (χ2v) is 5.56. The molecular weight excluding hydrogens is 243 g/mol. The first kappa shape index (κ1) is 14.0. The maximum Gasteiger partial charge on any atom is 0.125 e. The van der Waals surface area contributed by atoms with Crippen molar-refractivity contribution in [2.45, 2.75) is 26.7 Å². The van der Waals surface area contributed by atoms with Crippen molar-refractivity contribution in [1.29, 1.82) is 0 Å². The number of benzene rings is 1. The molecule has 0 atom stereocenters. The molecule has 0 amide bonds. The van der Waals surface area contributed by atoms with Gasteiger partial charge in [-0.05, 0) is 43.4 Å². The number of hydrogen-bond acceptors (Lipinski definition) is 3. The molecule has 0 spiro atoms. The van der Waals surface area contributed by atoms with Crippen LogP contribution >= 0.6 is 0 Å². The van der Waals surface area contributed by atoms with Crippen LogP contribution in [0.4, 0.5) is 10.1 Å². The summed E-state index contributed by atoms with van der Waals surface area (Å²) in [4.78, 5) is 4.64. The summed E-state index contributed by atoms with van der Waals surface area (Å²) >= 11 is 0. The molecule has 0 aromatic heterocycles. The van der Waals surface area contributed by atoms with E-state index in [1.165, 1.54) is 12.1 Å². The Kier molecular flexibility index (Phi) is 4.20.